The van der Waals surface area contributed by atoms with Gasteiger partial charge in [-0.2, -0.15) is 0 Å². The summed E-state index contributed by atoms with van der Waals surface area (Å²) in [6.45, 7) is 18.4. The largest absolute Gasteiger partial charge is 0.302 e. The van der Waals surface area contributed by atoms with Crippen LogP contribution < -0.4 is 0 Å². The van der Waals surface area contributed by atoms with E-state index in [1.165, 1.54) is 45.6 Å². The van der Waals surface area contributed by atoms with Crippen LogP contribution in [0.15, 0.2) is 0 Å². The van der Waals surface area contributed by atoms with Gasteiger partial charge < -0.3 is 9.80 Å². The van der Waals surface area contributed by atoms with Gasteiger partial charge in [-0.15, -0.1) is 0 Å². The van der Waals surface area contributed by atoms with Crippen molar-refractivity contribution in [3.63, 3.8) is 0 Å². The van der Waals surface area contributed by atoms with Crippen molar-refractivity contribution >= 4 is 0 Å². The van der Waals surface area contributed by atoms with Crippen molar-refractivity contribution in [2.75, 3.05) is 32.7 Å². The summed E-state index contributed by atoms with van der Waals surface area (Å²) in [6.07, 6.45) is 2.87. The summed E-state index contributed by atoms with van der Waals surface area (Å²) in [5.74, 6) is 1.94. The van der Waals surface area contributed by atoms with E-state index < -0.39 is 0 Å². The van der Waals surface area contributed by atoms with Gasteiger partial charge in [0.2, 0.25) is 0 Å². The Labute approximate surface area is 114 Å². The molecule has 106 valence electrons. The molecule has 0 radical (unpaired) electrons. The average molecular weight is 252 g/mol. The van der Waals surface area contributed by atoms with Crippen molar-refractivity contribution in [1.82, 2.24) is 9.80 Å². The van der Waals surface area contributed by atoms with Crippen molar-refractivity contribution < 1.29 is 0 Å². The van der Waals surface area contributed by atoms with Crippen LogP contribution in [0.2, 0.25) is 0 Å². The monoisotopic (exact) mass is 252 g/mol. The van der Waals surface area contributed by atoms with Gasteiger partial charge in [0, 0.05) is 25.7 Å². The molecule has 2 fully saturated rings. The summed E-state index contributed by atoms with van der Waals surface area (Å²) in [7, 11) is 0. The molecule has 0 bridgehead atoms. The van der Waals surface area contributed by atoms with Crippen LogP contribution in [0.1, 0.15) is 47.5 Å². The van der Waals surface area contributed by atoms with Gasteiger partial charge in [-0.05, 0) is 57.0 Å². The number of fused-ring (bicyclic) bond motifs is 1. The zero-order valence-corrected chi connectivity index (χ0v) is 13.1. The molecular formula is C16H32N2. The maximum atomic E-state index is 2.71. The third-order valence-corrected chi connectivity index (χ3v) is 4.66. The minimum Gasteiger partial charge on any atom is -0.302 e. The summed E-state index contributed by atoms with van der Waals surface area (Å²) in [4.78, 5) is 5.40. The average Bonchev–Trinajstić information content (AvgIpc) is 2.25. The topological polar surface area (TPSA) is 6.48 Å². The molecule has 0 aromatic carbocycles. The molecule has 2 aliphatic rings. The van der Waals surface area contributed by atoms with E-state index in [4.69, 9.17) is 0 Å². The zero-order chi connectivity index (χ0) is 13.3. The number of rotatable bonds is 2. The molecule has 0 amide bonds. The molecule has 2 unspecified atom stereocenters. The van der Waals surface area contributed by atoms with Crippen LogP contribution in [0.4, 0.5) is 0 Å². The van der Waals surface area contributed by atoms with E-state index in [9.17, 15) is 0 Å². The third-order valence-electron chi connectivity index (χ3n) is 4.66. The lowest BCUT2D eigenvalue weighted by Gasteiger charge is -2.47. The highest BCUT2D eigenvalue weighted by molar-refractivity contribution is 4.88. The molecule has 2 saturated heterocycles. The lowest BCUT2D eigenvalue weighted by molar-refractivity contribution is 0.0187. The summed E-state index contributed by atoms with van der Waals surface area (Å²) >= 11 is 0. The molecule has 2 rings (SSSR count). The van der Waals surface area contributed by atoms with Gasteiger partial charge in [-0.25, -0.2) is 0 Å². The van der Waals surface area contributed by atoms with Gasteiger partial charge in [0.1, 0.15) is 0 Å². The van der Waals surface area contributed by atoms with Gasteiger partial charge in [0.25, 0.3) is 0 Å². The quantitative estimate of drug-likeness (QED) is 0.745. The van der Waals surface area contributed by atoms with Gasteiger partial charge in [0.05, 0.1) is 0 Å². The van der Waals surface area contributed by atoms with Crippen LogP contribution in [0, 0.1) is 17.3 Å². The Hall–Kier alpha value is -0.0800. The predicted octanol–water partition coefficient (Wildman–Crippen LogP) is 3.08. The van der Waals surface area contributed by atoms with E-state index in [1.807, 2.05) is 0 Å². The van der Waals surface area contributed by atoms with Crippen molar-refractivity contribution in [2.24, 2.45) is 17.3 Å². The maximum absolute atomic E-state index is 2.71. The lowest BCUT2D eigenvalue weighted by atomic mass is 9.79. The van der Waals surface area contributed by atoms with Crippen LogP contribution in [0.25, 0.3) is 0 Å². The molecule has 18 heavy (non-hydrogen) atoms. The van der Waals surface area contributed by atoms with Gasteiger partial charge in [-0.1, -0.05) is 20.8 Å². The van der Waals surface area contributed by atoms with Crippen LogP contribution in [0.5, 0.6) is 0 Å². The standard InChI is InChI=1S/C16H32N2/c1-13(2)18-9-7-14-6-8-17(10-15(14)11-18)12-16(3,4)5/h13-15H,6-12H2,1-5H3. The lowest BCUT2D eigenvalue weighted by Crippen LogP contribution is -2.52. The molecule has 2 nitrogen and oxygen atoms in total. The van der Waals surface area contributed by atoms with E-state index in [2.05, 4.69) is 44.4 Å². The molecule has 0 aliphatic carbocycles. The number of hydrogen-bond donors (Lipinski definition) is 0. The van der Waals surface area contributed by atoms with E-state index >= 15 is 0 Å². The van der Waals surface area contributed by atoms with Crippen LogP contribution in [-0.2, 0) is 0 Å². The van der Waals surface area contributed by atoms with Crippen molar-refractivity contribution in [1.29, 1.82) is 0 Å². The zero-order valence-electron chi connectivity index (χ0n) is 13.1. The summed E-state index contributed by atoms with van der Waals surface area (Å²) < 4.78 is 0. The first-order valence-electron chi connectivity index (χ1n) is 7.81. The minimum atomic E-state index is 0.444. The normalized spacial score (nSPS) is 31.7. The first-order valence-corrected chi connectivity index (χ1v) is 7.81. The Balaban J connectivity index is 1.90. The predicted molar refractivity (Wildman–Crippen MR) is 78.8 cm³/mol. The molecular weight excluding hydrogens is 220 g/mol. The van der Waals surface area contributed by atoms with E-state index in [0.717, 1.165) is 17.9 Å². The first-order chi connectivity index (χ1) is 8.35. The maximum Gasteiger partial charge on any atom is 0.00387 e. The second kappa shape index (κ2) is 5.50. The van der Waals surface area contributed by atoms with Gasteiger partial charge in [0.15, 0.2) is 0 Å². The van der Waals surface area contributed by atoms with Crippen molar-refractivity contribution in [3.05, 3.63) is 0 Å². The van der Waals surface area contributed by atoms with Crippen molar-refractivity contribution in [3.8, 4) is 0 Å². The highest BCUT2D eigenvalue weighted by Gasteiger charge is 2.35. The van der Waals surface area contributed by atoms with Gasteiger partial charge >= 0.3 is 0 Å². The minimum absolute atomic E-state index is 0.444. The molecule has 2 atom stereocenters. The van der Waals surface area contributed by atoms with Gasteiger partial charge in [-0.3, -0.25) is 0 Å². The Morgan fingerprint density at radius 2 is 1.67 bits per heavy atom. The SMILES string of the molecule is CC(C)N1CCC2CCN(CC(C)(C)C)CC2C1. The first kappa shape index (κ1) is 14.3. The molecule has 0 saturated carbocycles. The Kier molecular flexibility index (Phi) is 4.38. The Morgan fingerprint density at radius 3 is 2.28 bits per heavy atom. The Bertz CT molecular complexity index is 267. The fourth-order valence-corrected chi connectivity index (χ4v) is 3.75. The summed E-state index contributed by atoms with van der Waals surface area (Å²) in [5, 5.41) is 0. The van der Waals surface area contributed by atoms with E-state index in [0.29, 0.717) is 5.41 Å². The third kappa shape index (κ3) is 3.71. The summed E-state index contributed by atoms with van der Waals surface area (Å²) in [5.41, 5.74) is 0.444. The highest BCUT2D eigenvalue weighted by Crippen LogP contribution is 2.33. The molecule has 0 aromatic heterocycles. The van der Waals surface area contributed by atoms with Crippen LogP contribution in [0.3, 0.4) is 0 Å². The fraction of sp³-hybridized carbons (Fsp3) is 1.00. The van der Waals surface area contributed by atoms with Crippen LogP contribution in [-0.4, -0.2) is 48.6 Å². The molecule has 2 aliphatic heterocycles. The molecule has 0 spiro atoms. The molecule has 0 aromatic rings. The number of piperidine rings is 2. The van der Waals surface area contributed by atoms with E-state index in [1.54, 1.807) is 0 Å². The smallest absolute Gasteiger partial charge is 0.00387 e. The van der Waals surface area contributed by atoms with Crippen molar-refractivity contribution in [2.45, 2.75) is 53.5 Å². The number of hydrogen-bond acceptors (Lipinski definition) is 2. The Morgan fingerprint density at radius 1 is 1.00 bits per heavy atom. The van der Waals surface area contributed by atoms with Crippen LogP contribution >= 0.6 is 0 Å². The fourth-order valence-electron chi connectivity index (χ4n) is 3.75. The highest BCUT2D eigenvalue weighted by atomic mass is 15.2. The molecule has 2 heterocycles. The number of likely N-dealkylation sites (tertiary alicyclic amines) is 2. The molecule has 2 heteroatoms. The second-order valence-corrected chi connectivity index (χ2v) is 7.98. The van der Waals surface area contributed by atoms with E-state index in [-0.39, 0.29) is 0 Å². The number of nitrogens with zero attached hydrogens (tertiary/aromatic N) is 2. The molecule has 0 N–H and O–H groups in total. The summed E-state index contributed by atoms with van der Waals surface area (Å²) in [6, 6.07) is 0.726. The second-order valence-electron chi connectivity index (χ2n) is 7.98.